The summed E-state index contributed by atoms with van der Waals surface area (Å²) in [5, 5.41) is 9.66. The van der Waals surface area contributed by atoms with E-state index >= 15 is 0 Å². The highest BCUT2D eigenvalue weighted by Crippen LogP contribution is 2.27. The number of phenolic OH excluding ortho intramolecular Hbond substituents is 1. The number of phenols is 1. The van der Waals surface area contributed by atoms with Gasteiger partial charge < -0.3 is 10.0 Å². The van der Waals surface area contributed by atoms with Gasteiger partial charge in [-0.2, -0.15) is 0 Å². The number of sulfonamides is 1. The summed E-state index contributed by atoms with van der Waals surface area (Å²) in [7, 11) is -3.77. The van der Waals surface area contributed by atoms with Crippen molar-refractivity contribution in [3.8, 4) is 5.75 Å². The monoisotopic (exact) mass is 554 g/mol. The molecule has 0 amide bonds. The second kappa shape index (κ2) is 13.2. The molecule has 0 saturated carbocycles. The largest absolute Gasteiger partial charge is 0.508 e. The molecule has 0 atom stereocenters. The Morgan fingerprint density at radius 2 is 1.32 bits per heavy atom. The molecule has 4 aromatic rings. The van der Waals surface area contributed by atoms with Crippen LogP contribution in [-0.2, 0) is 29.4 Å². The molecule has 1 heterocycles. The average molecular weight is 555 g/mol. The zero-order chi connectivity index (χ0) is 27.8. The molecule has 0 unspecified atom stereocenters. The zero-order valence-corrected chi connectivity index (χ0v) is 23.7. The topological polar surface area (TPSA) is 60.9 Å². The SMILES string of the molecule is O=S(=O)(c1ccccc1)N(Cc1ccc(O)cc1)c1ccc(CCCN2CCC(Cc3ccccc3)CC2)cc1. The lowest BCUT2D eigenvalue weighted by Crippen LogP contribution is -2.35. The molecule has 1 aliphatic rings. The van der Waals surface area contributed by atoms with Gasteiger partial charge in [0.2, 0.25) is 0 Å². The summed E-state index contributed by atoms with van der Waals surface area (Å²) in [5.74, 6) is 0.935. The summed E-state index contributed by atoms with van der Waals surface area (Å²) < 4.78 is 28.7. The Hall–Kier alpha value is -3.61. The first kappa shape index (κ1) is 27.9. The van der Waals surface area contributed by atoms with Gasteiger partial charge in [-0.25, -0.2) is 8.42 Å². The Balaban J connectivity index is 1.18. The minimum atomic E-state index is -3.77. The minimum absolute atomic E-state index is 0.155. The molecule has 1 fully saturated rings. The van der Waals surface area contributed by atoms with Crippen molar-refractivity contribution in [1.29, 1.82) is 0 Å². The van der Waals surface area contributed by atoms with E-state index in [0.717, 1.165) is 30.9 Å². The van der Waals surface area contributed by atoms with Gasteiger partial charge in [-0.3, -0.25) is 4.31 Å². The molecule has 1 aliphatic heterocycles. The Kier molecular flexibility index (Phi) is 9.19. The first-order chi connectivity index (χ1) is 19.5. The van der Waals surface area contributed by atoms with Crippen LogP contribution in [0, 0.1) is 5.92 Å². The van der Waals surface area contributed by atoms with Crippen molar-refractivity contribution in [3.05, 3.63) is 126 Å². The molecule has 0 spiro atoms. The van der Waals surface area contributed by atoms with E-state index in [4.69, 9.17) is 0 Å². The number of nitrogens with zero attached hydrogens (tertiary/aromatic N) is 2. The standard InChI is InChI=1S/C34H38N2O3S/c37-33-19-15-31(16-20-33)27-36(40(38,39)34-11-5-2-6-12-34)32-17-13-28(14-18-32)10-7-23-35-24-21-30(22-25-35)26-29-8-3-1-4-9-29/h1-6,8-9,11-20,30,37H,7,10,21-27H2. The maximum atomic E-state index is 13.6. The van der Waals surface area contributed by atoms with Crippen LogP contribution in [0.4, 0.5) is 5.69 Å². The fourth-order valence-corrected chi connectivity index (χ4v) is 6.97. The molecule has 4 aromatic carbocycles. The third-order valence-electron chi connectivity index (χ3n) is 7.83. The van der Waals surface area contributed by atoms with E-state index in [2.05, 4.69) is 35.2 Å². The molecule has 40 heavy (non-hydrogen) atoms. The first-order valence-corrected chi connectivity index (χ1v) is 15.6. The number of rotatable bonds is 11. The number of benzene rings is 4. The van der Waals surface area contributed by atoms with Gasteiger partial charge in [0.1, 0.15) is 5.75 Å². The van der Waals surface area contributed by atoms with Gasteiger partial charge in [-0.1, -0.05) is 72.8 Å². The van der Waals surface area contributed by atoms with Crippen LogP contribution < -0.4 is 4.31 Å². The van der Waals surface area contributed by atoms with Crippen LogP contribution in [0.25, 0.3) is 0 Å². The Morgan fingerprint density at radius 1 is 0.725 bits per heavy atom. The number of aromatic hydroxyl groups is 1. The van der Waals surface area contributed by atoms with Gasteiger partial charge in [0.15, 0.2) is 0 Å². The molecule has 0 bridgehead atoms. The lowest BCUT2D eigenvalue weighted by molar-refractivity contribution is 0.182. The molecule has 5 nitrogen and oxygen atoms in total. The number of likely N-dealkylation sites (tertiary alicyclic amines) is 1. The number of aryl methyl sites for hydroxylation is 1. The van der Waals surface area contributed by atoms with E-state index in [-0.39, 0.29) is 17.2 Å². The van der Waals surface area contributed by atoms with Crippen LogP contribution in [0.2, 0.25) is 0 Å². The predicted molar refractivity (Wildman–Crippen MR) is 162 cm³/mol. The number of anilines is 1. The fraction of sp³-hybridized carbons (Fsp3) is 0.294. The predicted octanol–water partition coefficient (Wildman–Crippen LogP) is 6.68. The smallest absolute Gasteiger partial charge is 0.264 e. The summed E-state index contributed by atoms with van der Waals surface area (Å²) >= 11 is 0. The molecule has 1 saturated heterocycles. The maximum absolute atomic E-state index is 13.6. The molecule has 0 radical (unpaired) electrons. The van der Waals surface area contributed by atoms with Crippen LogP contribution in [0.3, 0.4) is 0 Å². The third kappa shape index (κ3) is 7.32. The molecular weight excluding hydrogens is 516 g/mol. The minimum Gasteiger partial charge on any atom is -0.508 e. The molecule has 0 aromatic heterocycles. The van der Waals surface area contributed by atoms with E-state index < -0.39 is 10.0 Å². The van der Waals surface area contributed by atoms with Crippen LogP contribution in [0.15, 0.2) is 114 Å². The van der Waals surface area contributed by atoms with Crippen LogP contribution >= 0.6 is 0 Å². The molecule has 208 valence electrons. The summed E-state index contributed by atoms with van der Waals surface area (Å²) in [5.41, 5.74) is 4.09. The lowest BCUT2D eigenvalue weighted by atomic mass is 9.90. The average Bonchev–Trinajstić information content (AvgIpc) is 2.99. The summed E-state index contributed by atoms with van der Waals surface area (Å²) in [6.45, 7) is 3.60. The quantitative estimate of drug-likeness (QED) is 0.225. The highest BCUT2D eigenvalue weighted by molar-refractivity contribution is 7.92. The van der Waals surface area contributed by atoms with Gasteiger partial charge in [-0.05, 0) is 111 Å². The van der Waals surface area contributed by atoms with E-state index in [1.807, 2.05) is 30.3 Å². The van der Waals surface area contributed by atoms with Crippen LogP contribution in [0.1, 0.15) is 36.0 Å². The fourth-order valence-electron chi connectivity index (χ4n) is 5.50. The second-order valence-electron chi connectivity index (χ2n) is 10.7. The highest BCUT2D eigenvalue weighted by Gasteiger charge is 2.25. The van der Waals surface area contributed by atoms with Gasteiger partial charge in [0.05, 0.1) is 17.1 Å². The molecular formula is C34H38N2O3S. The molecule has 6 heteroatoms. The van der Waals surface area contributed by atoms with Crippen LogP contribution in [-0.4, -0.2) is 38.1 Å². The Bertz CT molecular complexity index is 1430. The van der Waals surface area contributed by atoms with E-state index in [1.165, 1.54) is 47.8 Å². The summed E-state index contributed by atoms with van der Waals surface area (Å²) in [6, 6.07) is 33.9. The molecule has 5 rings (SSSR count). The molecule has 0 aliphatic carbocycles. The van der Waals surface area contributed by atoms with Crippen molar-refractivity contribution in [1.82, 2.24) is 4.90 Å². The van der Waals surface area contributed by atoms with Gasteiger partial charge in [-0.15, -0.1) is 0 Å². The van der Waals surface area contributed by atoms with Crippen molar-refractivity contribution < 1.29 is 13.5 Å². The highest BCUT2D eigenvalue weighted by atomic mass is 32.2. The maximum Gasteiger partial charge on any atom is 0.264 e. The number of hydrogen-bond acceptors (Lipinski definition) is 4. The van der Waals surface area contributed by atoms with Gasteiger partial charge in [0.25, 0.3) is 10.0 Å². The number of hydrogen-bond donors (Lipinski definition) is 1. The molecule has 1 N–H and O–H groups in total. The lowest BCUT2D eigenvalue weighted by Gasteiger charge is -2.32. The Labute approximate surface area is 238 Å². The summed E-state index contributed by atoms with van der Waals surface area (Å²) in [6.07, 6.45) is 5.76. The van der Waals surface area contributed by atoms with E-state index in [9.17, 15) is 13.5 Å². The van der Waals surface area contributed by atoms with Gasteiger partial charge in [0, 0.05) is 0 Å². The first-order valence-electron chi connectivity index (χ1n) is 14.2. The van der Waals surface area contributed by atoms with Crippen molar-refractivity contribution in [2.45, 2.75) is 43.5 Å². The zero-order valence-electron chi connectivity index (χ0n) is 22.9. The summed E-state index contributed by atoms with van der Waals surface area (Å²) in [4.78, 5) is 2.84. The third-order valence-corrected chi connectivity index (χ3v) is 9.62. The van der Waals surface area contributed by atoms with Gasteiger partial charge >= 0.3 is 0 Å². The van der Waals surface area contributed by atoms with Crippen molar-refractivity contribution >= 4 is 15.7 Å². The van der Waals surface area contributed by atoms with Crippen molar-refractivity contribution in [2.75, 3.05) is 23.9 Å². The normalized spacial score (nSPS) is 14.7. The second-order valence-corrected chi connectivity index (χ2v) is 12.6. The van der Waals surface area contributed by atoms with E-state index in [0.29, 0.717) is 5.69 Å². The van der Waals surface area contributed by atoms with E-state index in [1.54, 1.807) is 48.5 Å². The number of piperidine rings is 1. The Morgan fingerprint density at radius 3 is 1.98 bits per heavy atom. The van der Waals surface area contributed by atoms with Crippen molar-refractivity contribution in [2.24, 2.45) is 5.92 Å². The van der Waals surface area contributed by atoms with Crippen LogP contribution in [0.5, 0.6) is 5.75 Å². The van der Waals surface area contributed by atoms with Crippen molar-refractivity contribution in [3.63, 3.8) is 0 Å².